The lowest BCUT2D eigenvalue weighted by atomic mass is 10.1. The van der Waals surface area contributed by atoms with E-state index in [0.717, 1.165) is 44.1 Å². The van der Waals surface area contributed by atoms with Gasteiger partial charge in [0.2, 0.25) is 11.8 Å². The molecule has 0 unspecified atom stereocenters. The first-order chi connectivity index (χ1) is 23.3. The van der Waals surface area contributed by atoms with E-state index in [1.807, 2.05) is 36.4 Å². The average molecular weight is 690 g/mol. The molecule has 0 saturated carbocycles. The number of hydrogen-bond donors (Lipinski definition) is 4. The zero-order chi connectivity index (χ0) is 35.1. The maximum atomic E-state index is 12.7. The fraction of sp³-hybridized carbons (Fsp3) is 0.684. The molecule has 3 amide bonds. The van der Waals surface area contributed by atoms with Crippen LogP contribution in [0.4, 0.5) is 4.79 Å². The number of carboxylic acid groups (broad SMARTS) is 1. The minimum absolute atomic E-state index is 0.0332. The van der Waals surface area contributed by atoms with Crippen LogP contribution >= 0.6 is 11.8 Å². The van der Waals surface area contributed by atoms with Crippen LogP contribution in [0.5, 0.6) is 0 Å². The van der Waals surface area contributed by atoms with Gasteiger partial charge in [0.05, 0.1) is 6.04 Å². The van der Waals surface area contributed by atoms with Gasteiger partial charge < -0.3 is 25.8 Å². The molecule has 1 aromatic rings. The molecule has 272 valence electrons. The van der Waals surface area contributed by atoms with Crippen molar-refractivity contribution >= 4 is 35.6 Å². The molecule has 0 heterocycles. The number of ether oxygens (including phenoxy) is 1. The molecule has 0 aliphatic rings. The maximum absolute atomic E-state index is 12.7. The topological polar surface area (TPSA) is 134 Å². The quantitative estimate of drug-likeness (QED) is 0.0472. The summed E-state index contributed by atoms with van der Waals surface area (Å²) < 4.78 is 5.18. The summed E-state index contributed by atoms with van der Waals surface area (Å²) >= 11 is 1.28. The van der Waals surface area contributed by atoms with Gasteiger partial charge >= 0.3 is 12.1 Å². The Kier molecular flexibility index (Phi) is 27.0. The summed E-state index contributed by atoms with van der Waals surface area (Å²) in [6.45, 7) is 4.70. The number of carbonyl (C=O) groups is 4. The molecule has 0 bridgehead atoms. The molecule has 0 fully saturated rings. The summed E-state index contributed by atoms with van der Waals surface area (Å²) in [7, 11) is 0. The van der Waals surface area contributed by atoms with Crippen LogP contribution in [0.3, 0.4) is 0 Å². The Labute approximate surface area is 294 Å². The Morgan fingerprint density at radius 3 is 1.96 bits per heavy atom. The highest BCUT2D eigenvalue weighted by Gasteiger charge is 2.22. The zero-order valence-corrected chi connectivity index (χ0v) is 30.5. The SMILES string of the molecule is CCCCCCCCCC=CC(=O)N[C@H](CNC(=O)CCCCCCCCCCC)CSC[C@H](NC(=O)OCc1ccccc1)C(=O)O. The van der Waals surface area contributed by atoms with Crippen molar-refractivity contribution in [2.45, 2.75) is 148 Å². The number of rotatable bonds is 30. The molecule has 0 radical (unpaired) electrons. The van der Waals surface area contributed by atoms with Gasteiger partial charge in [0.25, 0.3) is 0 Å². The number of carboxylic acids is 1. The van der Waals surface area contributed by atoms with Crippen LogP contribution in [0.1, 0.15) is 135 Å². The van der Waals surface area contributed by atoms with Crippen molar-refractivity contribution in [3.8, 4) is 0 Å². The largest absolute Gasteiger partial charge is 0.480 e. The lowest BCUT2D eigenvalue weighted by Gasteiger charge is -2.20. The number of nitrogens with one attached hydrogen (secondary N) is 3. The Balaban J connectivity index is 2.53. The van der Waals surface area contributed by atoms with Gasteiger partial charge in [-0.25, -0.2) is 9.59 Å². The van der Waals surface area contributed by atoms with E-state index < -0.39 is 24.1 Å². The molecule has 2 atom stereocenters. The first-order valence-corrected chi connectivity index (χ1v) is 19.5. The number of benzene rings is 1. The van der Waals surface area contributed by atoms with Crippen LogP contribution in [0.2, 0.25) is 0 Å². The Bertz CT molecular complexity index is 1020. The molecule has 0 aromatic heterocycles. The van der Waals surface area contributed by atoms with E-state index in [1.54, 1.807) is 6.08 Å². The molecule has 48 heavy (non-hydrogen) atoms. The Morgan fingerprint density at radius 2 is 1.35 bits per heavy atom. The monoisotopic (exact) mass is 689 g/mol. The molecular formula is C38H63N3O6S. The van der Waals surface area contributed by atoms with Crippen molar-refractivity contribution in [3.63, 3.8) is 0 Å². The van der Waals surface area contributed by atoms with E-state index in [0.29, 0.717) is 12.2 Å². The number of thioether (sulfide) groups is 1. The van der Waals surface area contributed by atoms with Crippen LogP contribution in [0.15, 0.2) is 42.5 Å². The molecular weight excluding hydrogens is 627 g/mol. The lowest BCUT2D eigenvalue weighted by molar-refractivity contribution is -0.138. The van der Waals surface area contributed by atoms with Crippen LogP contribution < -0.4 is 16.0 Å². The Morgan fingerprint density at radius 1 is 0.771 bits per heavy atom. The normalized spacial score (nSPS) is 12.4. The van der Waals surface area contributed by atoms with Gasteiger partial charge in [-0.15, -0.1) is 0 Å². The van der Waals surface area contributed by atoms with Crippen LogP contribution in [-0.4, -0.2) is 59.1 Å². The second kappa shape index (κ2) is 30.1. The number of aliphatic carboxylic acids is 1. The van der Waals surface area contributed by atoms with E-state index >= 15 is 0 Å². The minimum atomic E-state index is -1.18. The number of alkyl carbamates (subject to hydrolysis) is 1. The molecule has 9 nitrogen and oxygen atoms in total. The highest BCUT2D eigenvalue weighted by Crippen LogP contribution is 2.12. The van der Waals surface area contributed by atoms with Gasteiger partial charge in [0.15, 0.2) is 0 Å². The van der Waals surface area contributed by atoms with Crippen molar-refractivity contribution in [1.82, 2.24) is 16.0 Å². The van der Waals surface area contributed by atoms with Crippen molar-refractivity contribution in [1.29, 1.82) is 0 Å². The fourth-order valence-electron chi connectivity index (χ4n) is 5.14. The third-order valence-electron chi connectivity index (χ3n) is 8.05. The summed E-state index contributed by atoms with van der Waals surface area (Å²) in [5.41, 5.74) is 0.795. The number of amides is 3. The smallest absolute Gasteiger partial charge is 0.408 e. The summed E-state index contributed by atoms with van der Waals surface area (Å²) in [5, 5.41) is 18.0. The van der Waals surface area contributed by atoms with E-state index in [-0.39, 0.29) is 30.7 Å². The molecule has 0 spiro atoms. The molecule has 0 aliphatic carbocycles. The van der Waals surface area contributed by atoms with E-state index in [2.05, 4.69) is 29.8 Å². The Hall–Kier alpha value is -3.01. The maximum Gasteiger partial charge on any atom is 0.408 e. The molecule has 1 rings (SSSR count). The second-order valence-corrected chi connectivity index (χ2v) is 13.6. The summed E-state index contributed by atoms with van der Waals surface area (Å²) in [5.74, 6) is -1.04. The second-order valence-electron chi connectivity index (χ2n) is 12.5. The average Bonchev–Trinajstić information content (AvgIpc) is 3.08. The third kappa shape index (κ3) is 25.1. The number of unbranched alkanes of at least 4 members (excludes halogenated alkanes) is 15. The summed E-state index contributed by atoms with van der Waals surface area (Å²) in [6, 6.07) is 7.56. The fourth-order valence-corrected chi connectivity index (χ4v) is 6.23. The summed E-state index contributed by atoms with van der Waals surface area (Å²) in [4.78, 5) is 49.4. The molecule has 0 aliphatic heterocycles. The highest BCUT2D eigenvalue weighted by atomic mass is 32.2. The van der Waals surface area contributed by atoms with Crippen LogP contribution in [-0.2, 0) is 25.7 Å². The van der Waals surface area contributed by atoms with Gasteiger partial charge in [-0.2, -0.15) is 11.8 Å². The number of allylic oxidation sites excluding steroid dienone is 1. The highest BCUT2D eigenvalue weighted by molar-refractivity contribution is 7.99. The molecule has 1 aromatic carbocycles. The van der Waals surface area contributed by atoms with Crippen molar-refractivity contribution in [2.24, 2.45) is 0 Å². The molecule has 4 N–H and O–H groups in total. The van der Waals surface area contributed by atoms with Gasteiger partial charge in [-0.1, -0.05) is 140 Å². The van der Waals surface area contributed by atoms with Gasteiger partial charge in [-0.3, -0.25) is 9.59 Å². The number of carbonyl (C=O) groups excluding carboxylic acids is 3. The predicted octanol–water partition coefficient (Wildman–Crippen LogP) is 8.32. The standard InChI is InChI=1S/C38H63N3O6S/c1-3-5-7-9-11-13-15-17-22-26-35(42)39-28-33(40-36(43)27-23-18-16-14-12-10-8-6-4-2)30-48-31-34(37(44)45)41-38(46)47-29-32-24-20-19-21-25-32/h19-21,23-25,27,33-34H,3-18,22,26,28-31H2,1-2H3,(H,39,42)(H,40,43)(H,41,46)(H,44,45)/t33-,34+/m1/s1. The lowest BCUT2D eigenvalue weighted by Crippen LogP contribution is -2.46. The van der Waals surface area contributed by atoms with Crippen molar-refractivity contribution in [3.05, 3.63) is 48.0 Å². The van der Waals surface area contributed by atoms with E-state index in [1.165, 1.54) is 82.4 Å². The third-order valence-corrected chi connectivity index (χ3v) is 9.26. The molecule has 10 heteroatoms. The van der Waals surface area contributed by atoms with Gasteiger partial charge in [0.1, 0.15) is 12.6 Å². The first-order valence-electron chi connectivity index (χ1n) is 18.4. The number of hydrogen-bond acceptors (Lipinski definition) is 6. The minimum Gasteiger partial charge on any atom is -0.480 e. The van der Waals surface area contributed by atoms with Crippen LogP contribution in [0.25, 0.3) is 0 Å². The van der Waals surface area contributed by atoms with Gasteiger partial charge in [-0.05, 0) is 30.9 Å². The van der Waals surface area contributed by atoms with Crippen molar-refractivity contribution < 1.29 is 29.0 Å². The van der Waals surface area contributed by atoms with E-state index in [4.69, 9.17) is 4.74 Å². The summed E-state index contributed by atoms with van der Waals surface area (Å²) in [6.07, 6.45) is 23.0. The predicted molar refractivity (Wildman–Crippen MR) is 197 cm³/mol. The molecule has 0 saturated heterocycles. The zero-order valence-electron chi connectivity index (χ0n) is 29.6. The van der Waals surface area contributed by atoms with Gasteiger partial charge in [0, 0.05) is 24.5 Å². The van der Waals surface area contributed by atoms with E-state index in [9.17, 15) is 24.3 Å². The van der Waals surface area contributed by atoms with Crippen LogP contribution in [0, 0.1) is 0 Å². The first kappa shape index (κ1) is 43.0. The van der Waals surface area contributed by atoms with Crippen molar-refractivity contribution in [2.75, 3.05) is 18.1 Å².